The number of rotatable bonds is 6. The topological polar surface area (TPSA) is 82.7 Å². The van der Waals surface area contributed by atoms with E-state index in [1.807, 2.05) is 36.5 Å². The van der Waals surface area contributed by atoms with Crippen LogP contribution in [0, 0.1) is 0 Å². The van der Waals surface area contributed by atoms with Crippen LogP contribution in [0.1, 0.15) is 16.1 Å². The molecule has 4 rings (SSSR count). The fraction of sp³-hybridized carbons (Fsp3) is 0.0952. The second kappa shape index (κ2) is 8.10. The Morgan fingerprint density at radius 2 is 2.00 bits per heavy atom. The van der Waals surface area contributed by atoms with Gasteiger partial charge in [-0.15, -0.1) is 0 Å². The average Bonchev–Trinajstić information content (AvgIpc) is 3.11. The summed E-state index contributed by atoms with van der Waals surface area (Å²) in [6.45, 7) is 0.516. The maximum Gasteiger partial charge on any atom is 0.270 e. The normalized spacial score (nSPS) is 10.8. The summed E-state index contributed by atoms with van der Waals surface area (Å²) in [5, 5.41) is 7.74. The summed E-state index contributed by atoms with van der Waals surface area (Å²) in [7, 11) is 0. The maximum atomic E-state index is 12.4. The van der Waals surface area contributed by atoms with E-state index in [0.717, 1.165) is 17.6 Å². The van der Waals surface area contributed by atoms with Crippen molar-refractivity contribution >= 4 is 40.0 Å². The van der Waals surface area contributed by atoms with Crippen LogP contribution < -0.4 is 10.6 Å². The molecule has 0 aliphatic carbocycles. The van der Waals surface area contributed by atoms with Crippen molar-refractivity contribution in [3.8, 4) is 0 Å². The Balaban J connectivity index is 1.38. The molecule has 0 bridgehead atoms. The second-order valence-electron chi connectivity index (χ2n) is 6.27. The number of hydrogen-bond acceptors (Lipinski definition) is 4. The number of carbonyl (C=O) groups is 1. The monoisotopic (exact) mass is 391 g/mol. The van der Waals surface area contributed by atoms with Crippen molar-refractivity contribution in [1.82, 2.24) is 20.3 Å². The van der Waals surface area contributed by atoms with E-state index in [9.17, 15) is 4.79 Å². The summed E-state index contributed by atoms with van der Waals surface area (Å²) in [6.07, 6.45) is 4.26. The standard InChI is InChI=1S/C21H18ClN5O/c22-15-4-3-5-16(12-15)26-21-24-11-9-19(27-21)20(28)23-10-8-14-13-25-18-7-2-1-6-17(14)18/h1-7,9,11-13,25H,8,10H2,(H,23,28)(H,24,26,27). The molecule has 1 amide bonds. The molecule has 7 heteroatoms. The summed E-state index contributed by atoms with van der Waals surface area (Å²) >= 11 is 5.98. The fourth-order valence-corrected chi connectivity index (χ4v) is 3.17. The molecule has 0 aliphatic rings. The number of nitrogens with zero attached hydrogens (tertiary/aromatic N) is 2. The first-order chi connectivity index (χ1) is 13.7. The van der Waals surface area contributed by atoms with Crippen LogP contribution in [0.4, 0.5) is 11.6 Å². The molecule has 0 saturated carbocycles. The van der Waals surface area contributed by atoms with Gasteiger partial charge in [-0.1, -0.05) is 35.9 Å². The third-order valence-corrected chi connectivity index (χ3v) is 4.56. The van der Waals surface area contributed by atoms with Crippen LogP contribution in [0.2, 0.25) is 5.02 Å². The fourth-order valence-electron chi connectivity index (χ4n) is 2.98. The number of nitrogens with one attached hydrogen (secondary N) is 3. The largest absolute Gasteiger partial charge is 0.361 e. The highest BCUT2D eigenvalue weighted by Gasteiger charge is 2.10. The molecule has 2 heterocycles. The van der Waals surface area contributed by atoms with Crippen molar-refractivity contribution in [3.63, 3.8) is 0 Å². The molecule has 2 aromatic heterocycles. The Bertz CT molecular complexity index is 1120. The van der Waals surface area contributed by atoms with Gasteiger partial charge < -0.3 is 15.6 Å². The highest BCUT2D eigenvalue weighted by molar-refractivity contribution is 6.30. The van der Waals surface area contributed by atoms with Gasteiger partial charge in [0.15, 0.2) is 0 Å². The molecule has 0 unspecified atom stereocenters. The number of para-hydroxylation sites is 1. The number of H-pyrrole nitrogens is 1. The number of anilines is 2. The van der Waals surface area contributed by atoms with Gasteiger partial charge in [0.05, 0.1) is 0 Å². The zero-order chi connectivity index (χ0) is 19.3. The van der Waals surface area contributed by atoms with Crippen molar-refractivity contribution in [3.05, 3.63) is 83.3 Å². The molecular weight excluding hydrogens is 374 g/mol. The lowest BCUT2D eigenvalue weighted by Gasteiger charge is -2.07. The number of aromatic nitrogens is 3. The number of carbonyl (C=O) groups excluding carboxylic acids is 1. The Labute approximate surface area is 167 Å². The molecule has 0 fully saturated rings. The lowest BCUT2D eigenvalue weighted by Crippen LogP contribution is -2.26. The van der Waals surface area contributed by atoms with Gasteiger partial charge >= 0.3 is 0 Å². The van der Waals surface area contributed by atoms with E-state index < -0.39 is 0 Å². The summed E-state index contributed by atoms with van der Waals surface area (Å²) in [5.41, 5.74) is 3.32. The molecule has 0 spiro atoms. The van der Waals surface area contributed by atoms with E-state index in [0.29, 0.717) is 23.2 Å². The summed E-state index contributed by atoms with van der Waals surface area (Å²) < 4.78 is 0. The van der Waals surface area contributed by atoms with Gasteiger partial charge in [0.2, 0.25) is 5.95 Å². The first-order valence-electron chi connectivity index (χ1n) is 8.88. The lowest BCUT2D eigenvalue weighted by molar-refractivity contribution is 0.0949. The van der Waals surface area contributed by atoms with Crippen LogP contribution in [0.3, 0.4) is 0 Å². The molecule has 0 atom stereocenters. The number of hydrogen-bond donors (Lipinski definition) is 3. The van der Waals surface area contributed by atoms with Crippen LogP contribution in [0.15, 0.2) is 67.0 Å². The predicted molar refractivity (Wildman–Crippen MR) is 111 cm³/mol. The maximum absolute atomic E-state index is 12.4. The number of aromatic amines is 1. The van der Waals surface area contributed by atoms with E-state index >= 15 is 0 Å². The van der Waals surface area contributed by atoms with Crippen LogP contribution >= 0.6 is 11.6 Å². The minimum atomic E-state index is -0.239. The summed E-state index contributed by atoms with van der Waals surface area (Å²) in [4.78, 5) is 24.1. The molecule has 3 N–H and O–H groups in total. The van der Waals surface area contributed by atoms with Gasteiger partial charge in [0.25, 0.3) is 5.91 Å². The van der Waals surface area contributed by atoms with Crippen molar-refractivity contribution in [2.24, 2.45) is 0 Å². The van der Waals surface area contributed by atoms with E-state index in [4.69, 9.17) is 11.6 Å². The van der Waals surface area contributed by atoms with Crippen molar-refractivity contribution < 1.29 is 4.79 Å². The molecule has 0 aliphatic heterocycles. The number of fused-ring (bicyclic) bond motifs is 1. The number of benzene rings is 2. The van der Waals surface area contributed by atoms with Crippen LogP contribution in [-0.2, 0) is 6.42 Å². The molecule has 2 aromatic carbocycles. The Kier molecular flexibility index (Phi) is 5.21. The predicted octanol–water partition coefficient (Wildman–Crippen LogP) is 4.33. The highest BCUT2D eigenvalue weighted by Crippen LogP contribution is 2.19. The van der Waals surface area contributed by atoms with Gasteiger partial charge in [0.1, 0.15) is 5.69 Å². The van der Waals surface area contributed by atoms with Crippen LogP contribution in [-0.4, -0.2) is 27.4 Å². The van der Waals surface area contributed by atoms with Gasteiger partial charge in [-0.3, -0.25) is 4.79 Å². The molecule has 4 aromatic rings. The lowest BCUT2D eigenvalue weighted by atomic mass is 10.1. The van der Waals surface area contributed by atoms with Crippen LogP contribution in [0.25, 0.3) is 10.9 Å². The second-order valence-corrected chi connectivity index (χ2v) is 6.70. The van der Waals surface area contributed by atoms with Gasteiger partial charge in [-0.25, -0.2) is 9.97 Å². The molecule has 0 radical (unpaired) electrons. The third-order valence-electron chi connectivity index (χ3n) is 4.32. The van der Waals surface area contributed by atoms with Crippen molar-refractivity contribution in [2.75, 3.05) is 11.9 Å². The van der Waals surface area contributed by atoms with Gasteiger partial charge in [-0.2, -0.15) is 0 Å². The van der Waals surface area contributed by atoms with E-state index in [1.54, 1.807) is 24.4 Å². The van der Waals surface area contributed by atoms with Gasteiger partial charge in [-0.05, 0) is 42.3 Å². The van der Waals surface area contributed by atoms with Crippen molar-refractivity contribution in [1.29, 1.82) is 0 Å². The van der Waals surface area contributed by atoms with Crippen molar-refractivity contribution in [2.45, 2.75) is 6.42 Å². The molecule has 28 heavy (non-hydrogen) atoms. The Hall–Kier alpha value is -3.38. The van der Waals surface area contributed by atoms with Gasteiger partial charge in [0, 0.05) is 40.6 Å². The number of amides is 1. The molecule has 0 saturated heterocycles. The Morgan fingerprint density at radius 1 is 1.11 bits per heavy atom. The number of halogens is 1. The zero-order valence-electron chi connectivity index (χ0n) is 14.9. The smallest absolute Gasteiger partial charge is 0.270 e. The summed E-state index contributed by atoms with van der Waals surface area (Å²) in [6, 6.07) is 16.9. The minimum Gasteiger partial charge on any atom is -0.361 e. The van der Waals surface area contributed by atoms with Crippen LogP contribution in [0.5, 0.6) is 0 Å². The first-order valence-corrected chi connectivity index (χ1v) is 9.26. The van der Waals surface area contributed by atoms with E-state index in [2.05, 4.69) is 31.7 Å². The zero-order valence-corrected chi connectivity index (χ0v) is 15.7. The molecule has 6 nitrogen and oxygen atoms in total. The van der Waals surface area contributed by atoms with E-state index in [-0.39, 0.29) is 5.91 Å². The minimum absolute atomic E-state index is 0.239. The average molecular weight is 392 g/mol. The van der Waals surface area contributed by atoms with E-state index in [1.165, 1.54) is 10.9 Å². The SMILES string of the molecule is O=C(NCCc1c[nH]c2ccccc12)c1ccnc(Nc2cccc(Cl)c2)n1. The quantitative estimate of drug-likeness (QED) is 0.457. The summed E-state index contributed by atoms with van der Waals surface area (Å²) in [5.74, 6) is 0.0999. The Morgan fingerprint density at radius 3 is 2.89 bits per heavy atom. The first kappa shape index (κ1) is 18.0. The molecule has 140 valence electrons. The third kappa shape index (κ3) is 4.13. The highest BCUT2D eigenvalue weighted by atomic mass is 35.5. The molecular formula is C21H18ClN5O.